The number of rotatable bonds is 9. The molecule has 0 spiro atoms. The highest BCUT2D eigenvalue weighted by Gasteiger charge is 2.36. The molecule has 1 aromatic carbocycles. The number of esters is 1. The first-order valence-corrected chi connectivity index (χ1v) is 13.4. The Morgan fingerprint density at radius 1 is 1.23 bits per heavy atom. The van der Waals surface area contributed by atoms with E-state index in [0.717, 1.165) is 5.56 Å². The number of sulfone groups is 2. The molecule has 2 atom stereocenters. The molecule has 0 aliphatic carbocycles. The number of nitrogens with zero attached hydrogens (tertiary/aromatic N) is 1. The SMILES string of the molecule is CC[C@H](C)N(C(=O)COC(=O)CCS(=O)(=O)c1ccc(C)cc1)[C@@H]1CCS(=O)(=O)C1. The molecule has 30 heavy (non-hydrogen) atoms. The Kier molecular flexibility index (Phi) is 8.04. The Morgan fingerprint density at radius 3 is 2.40 bits per heavy atom. The normalized spacial score (nSPS) is 19.2. The van der Waals surface area contributed by atoms with E-state index in [1.807, 2.05) is 20.8 Å². The van der Waals surface area contributed by atoms with Crippen LogP contribution < -0.4 is 0 Å². The fourth-order valence-corrected chi connectivity index (χ4v) is 6.30. The van der Waals surface area contributed by atoms with Gasteiger partial charge in [0.15, 0.2) is 26.3 Å². The third kappa shape index (κ3) is 6.53. The van der Waals surface area contributed by atoms with Crippen molar-refractivity contribution in [3.63, 3.8) is 0 Å². The highest BCUT2D eigenvalue weighted by atomic mass is 32.2. The van der Waals surface area contributed by atoms with E-state index >= 15 is 0 Å². The Bertz CT molecular complexity index is 969. The van der Waals surface area contributed by atoms with E-state index < -0.39 is 50.0 Å². The Hall–Kier alpha value is -1.94. The van der Waals surface area contributed by atoms with Gasteiger partial charge in [-0.15, -0.1) is 0 Å². The van der Waals surface area contributed by atoms with Gasteiger partial charge in [-0.05, 0) is 38.8 Å². The zero-order valence-electron chi connectivity index (χ0n) is 17.5. The highest BCUT2D eigenvalue weighted by molar-refractivity contribution is 7.91. The standard InChI is InChI=1S/C20H29NO7S2/c1-4-16(3)21(17-9-11-29(24,25)14-17)19(22)13-28-20(23)10-12-30(26,27)18-7-5-15(2)6-8-18/h5-8,16-17H,4,9-14H2,1-3H3/t16-,17+/m0/s1. The van der Waals surface area contributed by atoms with Gasteiger partial charge in [-0.25, -0.2) is 16.8 Å². The molecular weight excluding hydrogens is 430 g/mol. The second-order valence-corrected chi connectivity index (χ2v) is 12.0. The first kappa shape index (κ1) is 24.3. The lowest BCUT2D eigenvalue weighted by atomic mass is 10.1. The first-order valence-electron chi connectivity index (χ1n) is 9.92. The molecule has 1 amide bonds. The van der Waals surface area contributed by atoms with Gasteiger partial charge in [0, 0.05) is 12.1 Å². The smallest absolute Gasteiger partial charge is 0.307 e. The van der Waals surface area contributed by atoms with Crippen molar-refractivity contribution >= 4 is 31.6 Å². The molecule has 0 radical (unpaired) electrons. The van der Waals surface area contributed by atoms with E-state index in [2.05, 4.69) is 0 Å². The predicted molar refractivity (Wildman–Crippen MR) is 112 cm³/mol. The molecule has 1 fully saturated rings. The van der Waals surface area contributed by atoms with E-state index in [1.165, 1.54) is 17.0 Å². The number of hydrogen-bond acceptors (Lipinski definition) is 7. The minimum Gasteiger partial charge on any atom is -0.456 e. The second kappa shape index (κ2) is 9.91. The molecule has 8 nitrogen and oxygen atoms in total. The van der Waals surface area contributed by atoms with Gasteiger partial charge in [-0.3, -0.25) is 9.59 Å². The minimum absolute atomic E-state index is 0.0362. The Labute approximate surface area is 178 Å². The van der Waals surface area contributed by atoms with Crippen molar-refractivity contribution in [2.45, 2.75) is 57.0 Å². The van der Waals surface area contributed by atoms with Gasteiger partial charge in [0.25, 0.3) is 5.91 Å². The lowest BCUT2D eigenvalue weighted by Crippen LogP contribution is -2.48. The third-order valence-corrected chi connectivity index (χ3v) is 8.75. The van der Waals surface area contributed by atoms with Crippen molar-refractivity contribution in [2.75, 3.05) is 23.9 Å². The van der Waals surface area contributed by atoms with Gasteiger partial charge in [0.2, 0.25) is 0 Å². The van der Waals surface area contributed by atoms with Crippen LogP contribution in [0.1, 0.15) is 38.7 Å². The van der Waals surface area contributed by atoms with E-state index in [1.54, 1.807) is 12.1 Å². The largest absolute Gasteiger partial charge is 0.456 e. The molecule has 0 N–H and O–H groups in total. The van der Waals surface area contributed by atoms with Gasteiger partial charge in [-0.2, -0.15) is 0 Å². The fraction of sp³-hybridized carbons (Fsp3) is 0.600. The maximum atomic E-state index is 12.6. The number of hydrogen-bond donors (Lipinski definition) is 0. The van der Waals surface area contributed by atoms with Crippen LogP contribution in [0.15, 0.2) is 29.2 Å². The summed E-state index contributed by atoms with van der Waals surface area (Å²) in [7, 11) is -6.80. The molecular formula is C20H29NO7S2. The summed E-state index contributed by atoms with van der Waals surface area (Å²) in [6.45, 7) is 5.01. The summed E-state index contributed by atoms with van der Waals surface area (Å²) in [4.78, 5) is 26.3. The monoisotopic (exact) mass is 459 g/mol. The Balaban J connectivity index is 1.92. The van der Waals surface area contributed by atoms with Crippen molar-refractivity contribution in [1.82, 2.24) is 4.90 Å². The van der Waals surface area contributed by atoms with Crippen LogP contribution in [0.3, 0.4) is 0 Å². The van der Waals surface area contributed by atoms with Crippen molar-refractivity contribution in [3.05, 3.63) is 29.8 Å². The van der Waals surface area contributed by atoms with Crippen molar-refractivity contribution in [3.8, 4) is 0 Å². The van der Waals surface area contributed by atoms with Crippen molar-refractivity contribution in [2.24, 2.45) is 0 Å². The molecule has 1 aliphatic rings. The zero-order valence-corrected chi connectivity index (χ0v) is 19.2. The van der Waals surface area contributed by atoms with Crippen LogP contribution in [0.25, 0.3) is 0 Å². The quantitative estimate of drug-likeness (QED) is 0.514. The van der Waals surface area contributed by atoms with Gasteiger partial charge in [-0.1, -0.05) is 24.6 Å². The fourth-order valence-electron chi connectivity index (χ4n) is 3.37. The number of benzene rings is 1. The van der Waals surface area contributed by atoms with Crippen LogP contribution in [0.2, 0.25) is 0 Å². The average Bonchev–Trinajstić information content (AvgIpc) is 3.04. The van der Waals surface area contributed by atoms with Gasteiger partial charge in [0.05, 0.1) is 28.6 Å². The average molecular weight is 460 g/mol. The molecule has 0 aromatic heterocycles. The van der Waals surface area contributed by atoms with E-state index in [4.69, 9.17) is 4.74 Å². The first-order chi connectivity index (χ1) is 13.9. The maximum Gasteiger partial charge on any atom is 0.307 e. The van der Waals surface area contributed by atoms with Crippen molar-refractivity contribution < 1.29 is 31.2 Å². The van der Waals surface area contributed by atoms with Crippen molar-refractivity contribution in [1.29, 1.82) is 0 Å². The number of ether oxygens (including phenoxy) is 1. The highest BCUT2D eigenvalue weighted by Crippen LogP contribution is 2.21. The van der Waals surface area contributed by atoms with E-state index in [9.17, 15) is 26.4 Å². The van der Waals surface area contributed by atoms with Crippen LogP contribution in [0, 0.1) is 6.92 Å². The molecule has 1 heterocycles. The minimum atomic E-state index is -3.63. The molecule has 0 saturated carbocycles. The predicted octanol–water partition coefficient (Wildman–Crippen LogP) is 1.52. The number of aryl methyl sites for hydroxylation is 1. The summed E-state index contributed by atoms with van der Waals surface area (Å²) in [5.74, 6) is -1.73. The second-order valence-electron chi connectivity index (χ2n) is 7.66. The topological polar surface area (TPSA) is 115 Å². The number of carbonyl (C=O) groups is 2. The summed E-state index contributed by atoms with van der Waals surface area (Å²) < 4.78 is 53.2. The van der Waals surface area contributed by atoms with Crippen LogP contribution in [0.5, 0.6) is 0 Å². The maximum absolute atomic E-state index is 12.6. The Morgan fingerprint density at radius 2 is 1.87 bits per heavy atom. The third-order valence-electron chi connectivity index (χ3n) is 5.27. The molecule has 2 rings (SSSR count). The summed E-state index contributed by atoms with van der Waals surface area (Å²) in [5, 5.41) is 0. The molecule has 1 aromatic rings. The van der Waals surface area contributed by atoms with Gasteiger partial charge >= 0.3 is 5.97 Å². The summed E-state index contributed by atoms with van der Waals surface area (Å²) in [6, 6.07) is 5.69. The van der Waals surface area contributed by atoms with E-state index in [-0.39, 0.29) is 28.9 Å². The molecule has 10 heteroatoms. The zero-order chi connectivity index (χ0) is 22.5. The molecule has 1 saturated heterocycles. The summed E-state index contributed by atoms with van der Waals surface area (Å²) in [5.41, 5.74) is 0.924. The van der Waals surface area contributed by atoms with Gasteiger partial charge < -0.3 is 9.64 Å². The van der Waals surface area contributed by atoms with E-state index in [0.29, 0.717) is 12.8 Å². The van der Waals surface area contributed by atoms with Crippen LogP contribution in [0.4, 0.5) is 0 Å². The lowest BCUT2D eigenvalue weighted by Gasteiger charge is -2.33. The summed E-state index contributed by atoms with van der Waals surface area (Å²) in [6.07, 6.45) is 0.622. The van der Waals surface area contributed by atoms with Crippen LogP contribution in [-0.4, -0.2) is 69.6 Å². The van der Waals surface area contributed by atoms with Crippen LogP contribution in [-0.2, 0) is 34.0 Å². The molecule has 0 unspecified atom stereocenters. The molecule has 168 valence electrons. The molecule has 1 aliphatic heterocycles. The number of carbonyl (C=O) groups excluding carboxylic acids is 2. The van der Waals surface area contributed by atoms with Crippen LogP contribution >= 0.6 is 0 Å². The number of amides is 1. The molecule has 0 bridgehead atoms. The lowest BCUT2D eigenvalue weighted by molar-refractivity contribution is -0.153. The summed E-state index contributed by atoms with van der Waals surface area (Å²) >= 11 is 0. The van der Waals surface area contributed by atoms with Gasteiger partial charge in [0.1, 0.15) is 0 Å².